The van der Waals surface area contributed by atoms with Crippen LogP contribution in [-0.2, 0) is 11.3 Å². The molecule has 0 bridgehead atoms. The number of amides is 1. The van der Waals surface area contributed by atoms with Gasteiger partial charge < -0.3 is 9.64 Å². The van der Waals surface area contributed by atoms with E-state index in [-0.39, 0.29) is 11.8 Å². The van der Waals surface area contributed by atoms with Crippen LogP contribution in [0.15, 0.2) is 61.2 Å². The van der Waals surface area contributed by atoms with Crippen molar-refractivity contribution < 1.29 is 9.53 Å². The highest BCUT2D eigenvalue weighted by Crippen LogP contribution is 2.35. The lowest BCUT2D eigenvalue weighted by Crippen LogP contribution is -2.37. The van der Waals surface area contributed by atoms with E-state index in [1.165, 1.54) is 17.2 Å². The molecule has 0 fully saturated rings. The van der Waals surface area contributed by atoms with Crippen molar-refractivity contribution >= 4 is 5.91 Å². The molecule has 0 aromatic heterocycles. The van der Waals surface area contributed by atoms with Crippen molar-refractivity contribution in [3.8, 4) is 5.75 Å². The molecule has 0 unspecified atom stereocenters. The summed E-state index contributed by atoms with van der Waals surface area (Å²) in [5.74, 6) is 1.49. The Balaban J connectivity index is 1.96. The lowest BCUT2D eigenvalue weighted by atomic mass is 9.84. The molecular formula is C22H25NO2. The minimum atomic E-state index is -0.0277. The van der Waals surface area contributed by atoms with Gasteiger partial charge in [0.05, 0.1) is 6.61 Å². The molecular weight excluding hydrogens is 310 g/mol. The van der Waals surface area contributed by atoms with Crippen molar-refractivity contribution in [1.82, 2.24) is 4.90 Å². The minimum Gasteiger partial charge on any atom is -0.493 e. The molecule has 0 spiro atoms. The van der Waals surface area contributed by atoms with E-state index in [0.717, 1.165) is 11.3 Å². The van der Waals surface area contributed by atoms with Gasteiger partial charge in [-0.15, -0.1) is 0 Å². The highest BCUT2D eigenvalue weighted by atomic mass is 16.5. The summed E-state index contributed by atoms with van der Waals surface area (Å²) in [6.07, 6.45) is 1.40. The Hall–Kier alpha value is -2.55. The summed E-state index contributed by atoms with van der Waals surface area (Å²) >= 11 is 0. The quantitative estimate of drug-likeness (QED) is 0.759. The van der Waals surface area contributed by atoms with E-state index in [9.17, 15) is 4.79 Å². The molecule has 0 radical (unpaired) electrons. The van der Waals surface area contributed by atoms with Crippen molar-refractivity contribution in [2.45, 2.75) is 26.3 Å². The highest BCUT2D eigenvalue weighted by molar-refractivity contribution is 5.87. The fourth-order valence-corrected chi connectivity index (χ4v) is 3.27. The molecule has 1 atom stereocenters. The Kier molecular flexibility index (Phi) is 5.22. The maximum atomic E-state index is 12.2. The highest BCUT2D eigenvalue weighted by Gasteiger charge is 2.28. The Morgan fingerprint density at radius 2 is 2.04 bits per heavy atom. The summed E-state index contributed by atoms with van der Waals surface area (Å²) in [5, 5.41) is 0. The van der Waals surface area contributed by atoms with Gasteiger partial charge in [-0.1, -0.05) is 56.8 Å². The average molecular weight is 335 g/mol. The summed E-state index contributed by atoms with van der Waals surface area (Å²) in [7, 11) is 0. The maximum absolute atomic E-state index is 12.2. The van der Waals surface area contributed by atoms with Crippen LogP contribution in [0.25, 0.3) is 0 Å². The zero-order valence-corrected chi connectivity index (χ0v) is 14.9. The molecule has 1 aliphatic heterocycles. The summed E-state index contributed by atoms with van der Waals surface area (Å²) in [6, 6.07) is 16.6. The Bertz CT molecular complexity index is 752. The number of ether oxygens (including phenoxy) is 1. The number of nitrogens with zero attached hydrogens (tertiary/aromatic N) is 1. The van der Waals surface area contributed by atoms with Crippen molar-refractivity contribution in [3.05, 3.63) is 77.9 Å². The number of benzene rings is 2. The number of fused-ring (bicyclic) bond motifs is 1. The number of rotatable bonds is 5. The monoisotopic (exact) mass is 335 g/mol. The Morgan fingerprint density at radius 1 is 1.28 bits per heavy atom. The zero-order valence-electron chi connectivity index (χ0n) is 14.9. The van der Waals surface area contributed by atoms with Gasteiger partial charge in [0.2, 0.25) is 5.91 Å². The van der Waals surface area contributed by atoms with Crippen LogP contribution in [0.3, 0.4) is 0 Å². The van der Waals surface area contributed by atoms with E-state index in [0.29, 0.717) is 25.6 Å². The van der Waals surface area contributed by atoms with Gasteiger partial charge in [-0.05, 0) is 40.8 Å². The van der Waals surface area contributed by atoms with Gasteiger partial charge >= 0.3 is 0 Å². The van der Waals surface area contributed by atoms with Crippen LogP contribution in [0.2, 0.25) is 0 Å². The first-order chi connectivity index (χ1) is 12.1. The van der Waals surface area contributed by atoms with Crippen LogP contribution < -0.4 is 4.74 Å². The zero-order chi connectivity index (χ0) is 17.8. The van der Waals surface area contributed by atoms with Gasteiger partial charge in [0.1, 0.15) is 5.75 Å². The smallest absolute Gasteiger partial charge is 0.246 e. The molecule has 2 aromatic carbocycles. The number of hydrogen-bond acceptors (Lipinski definition) is 2. The summed E-state index contributed by atoms with van der Waals surface area (Å²) < 4.78 is 5.87. The van der Waals surface area contributed by atoms with Gasteiger partial charge in [-0.2, -0.15) is 0 Å². The number of hydrogen-bond donors (Lipinski definition) is 0. The van der Waals surface area contributed by atoms with Gasteiger partial charge in [-0.3, -0.25) is 4.79 Å². The molecule has 3 nitrogen and oxygen atoms in total. The second kappa shape index (κ2) is 7.56. The first-order valence-electron chi connectivity index (χ1n) is 8.80. The van der Waals surface area contributed by atoms with Crippen molar-refractivity contribution in [2.75, 3.05) is 13.2 Å². The van der Waals surface area contributed by atoms with Crippen LogP contribution in [0, 0.1) is 5.92 Å². The molecule has 130 valence electrons. The van der Waals surface area contributed by atoms with E-state index in [1.807, 2.05) is 29.2 Å². The minimum absolute atomic E-state index is 0.0277. The molecule has 3 heteroatoms. The Labute approximate surface area is 149 Å². The molecule has 3 rings (SSSR count). The van der Waals surface area contributed by atoms with E-state index in [1.54, 1.807) is 0 Å². The fourth-order valence-electron chi connectivity index (χ4n) is 3.27. The molecule has 0 saturated carbocycles. The Morgan fingerprint density at radius 3 is 2.72 bits per heavy atom. The second-order valence-corrected chi connectivity index (χ2v) is 6.95. The molecule has 25 heavy (non-hydrogen) atoms. The van der Waals surface area contributed by atoms with Gasteiger partial charge in [0.15, 0.2) is 0 Å². The summed E-state index contributed by atoms with van der Waals surface area (Å²) in [6.45, 7) is 9.87. The van der Waals surface area contributed by atoms with Gasteiger partial charge in [-0.25, -0.2) is 0 Å². The molecule has 1 heterocycles. The molecule has 0 N–H and O–H groups in total. The lowest BCUT2D eigenvalue weighted by molar-refractivity contribution is -0.127. The maximum Gasteiger partial charge on any atom is 0.246 e. The van der Waals surface area contributed by atoms with E-state index in [4.69, 9.17) is 4.74 Å². The predicted molar refractivity (Wildman–Crippen MR) is 101 cm³/mol. The van der Waals surface area contributed by atoms with Crippen molar-refractivity contribution in [3.63, 3.8) is 0 Å². The molecule has 0 saturated heterocycles. The number of carbonyl (C=O) groups excluding carboxylic acids is 1. The van der Waals surface area contributed by atoms with Crippen LogP contribution in [0.4, 0.5) is 0 Å². The van der Waals surface area contributed by atoms with Gasteiger partial charge in [0.25, 0.3) is 0 Å². The second-order valence-electron chi connectivity index (χ2n) is 6.95. The molecule has 1 amide bonds. The standard InChI is InChI=1S/C22H25NO2/c1-4-22(24)23-13-18-12-19(25-15-16(2)3)10-11-20(18)21(14-23)17-8-6-5-7-9-17/h4-12,16,21H,1,13-15H2,2-3H3/t21-/m0/s1. The van der Waals surface area contributed by atoms with Crippen LogP contribution in [-0.4, -0.2) is 24.0 Å². The molecule has 1 aliphatic rings. The normalized spacial score (nSPS) is 16.4. The SMILES string of the molecule is C=CC(=O)N1Cc2cc(OCC(C)C)ccc2[C@H](c2ccccc2)C1. The third kappa shape index (κ3) is 3.93. The third-order valence-electron chi connectivity index (χ3n) is 4.53. The topological polar surface area (TPSA) is 29.5 Å². The average Bonchev–Trinajstić information content (AvgIpc) is 2.65. The van der Waals surface area contributed by atoms with Gasteiger partial charge in [0, 0.05) is 19.0 Å². The predicted octanol–water partition coefficient (Wildman–Crippen LogP) is 4.38. The summed E-state index contributed by atoms with van der Waals surface area (Å²) in [4.78, 5) is 14.1. The number of carbonyl (C=O) groups is 1. The van der Waals surface area contributed by atoms with Crippen LogP contribution in [0.5, 0.6) is 5.75 Å². The largest absolute Gasteiger partial charge is 0.493 e. The first kappa shape index (κ1) is 17.3. The van der Waals surface area contributed by atoms with E-state index < -0.39 is 0 Å². The molecule has 0 aliphatic carbocycles. The lowest BCUT2D eigenvalue weighted by Gasteiger charge is -2.34. The van der Waals surface area contributed by atoms with Crippen LogP contribution in [0.1, 0.15) is 36.5 Å². The van der Waals surface area contributed by atoms with E-state index in [2.05, 4.69) is 44.7 Å². The van der Waals surface area contributed by atoms with E-state index >= 15 is 0 Å². The van der Waals surface area contributed by atoms with Crippen molar-refractivity contribution in [1.29, 1.82) is 0 Å². The third-order valence-corrected chi connectivity index (χ3v) is 4.53. The van der Waals surface area contributed by atoms with Crippen LogP contribution >= 0.6 is 0 Å². The first-order valence-corrected chi connectivity index (χ1v) is 8.80. The van der Waals surface area contributed by atoms with Crippen molar-refractivity contribution in [2.24, 2.45) is 5.92 Å². The molecule has 2 aromatic rings. The fraction of sp³-hybridized carbons (Fsp3) is 0.318. The summed E-state index contributed by atoms with van der Waals surface area (Å²) in [5.41, 5.74) is 3.65.